The van der Waals surface area contributed by atoms with Crippen LogP contribution < -0.4 is 10.0 Å². The number of carbonyl (C=O) groups is 1. The van der Waals surface area contributed by atoms with E-state index in [4.69, 9.17) is 0 Å². The molecule has 2 N–H and O–H groups in total. The van der Waals surface area contributed by atoms with E-state index in [-0.39, 0.29) is 21.8 Å². The summed E-state index contributed by atoms with van der Waals surface area (Å²) in [5.41, 5.74) is -0.0942. The molecular formula is C19H13F3N2O3S. The minimum atomic E-state index is -3.99. The largest absolute Gasteiger partial charge is 0.319 e. The number of nitrogens with one attached hydrogen (secondary N) is 2. The summed E-state index contributed by atoms with van der Waals surface area (Å²) in [6.07, 6.45) is 0. The number of hydrogen-bond acceptors (Lipinski definition) is 3. The van der Waals surface area contributed by atoms with Crippen molar-refractivity contribution in [1.82, 2.24) is 0 Å². The van der Waals surface area contributed by atoms with Crippen LogP contribution in [0, 0.1) is 17.5 Å². The van der Waals surface area contributed by atoms with Gasteiger partial charge in [-0.25, -0.2) is 21.6 Å². The van der Waals surface area contributed by atoms with Crippen LogP contribution >= 0.6 is 0 Å². The van der Waals surface area contributed by atoms with Gasteiger partial charge >= 0.3 is 0 Å². The third-order valence-electron chi connectivity index (χ3n) is 3.68. The highest BCUT2D eigenvalue weighted by Crippen LogP contribution is 2.20. The summed E-state index contributed by atoms with van der Waals surface area (Å²) in [7, 11) is -3.99. The van der Waals surface area contributed by atoms with Crippen molar-refractivity contribution in [2.75, 3.05) is 10.0 Å². The second kappa shape index (κ2) is 7.73. The molecule has 0 heterocycles. The monoisotopic (exact) mass is 406 g/mol. The van der Waals surface area contributed by atoms with Crippen LogP contribution in [0.1, 0.15) is 10.4 Å². The standard InChI is InChI=1S/C19H13F3N2O3S/c20-13-4-7-16(8-5-13)28(26,27)24-15-3-1-2-12(10-15)19(25)23-18-9-6-14(21)11-17(18)22/h1-11,24H,(H,23,25). The van der Waals surface area contributed by atoms with Crippen LogP contribution in [0.5, 0.6) is 0 Å². The maximum absolute atomic E-state index is 13.7. The summed E-state index contributed by atoms with van der Waals surface area (Å²) in [6.45, 7) is 0. The predicted molar refractivity (Wildman–Crippen MR) is 98.0 cm³/mol. The summed E-state index contributed by atoms with van der Waals surface area (Å²) < 4.78 is 66.5. The number of anilines is 2. The molecule has 0 fully saturated rings. The van der Waals surface area contributed by atoms with Gasteiger partial charge in [0.25, 0.3) is 15.9 Å². The first-order valence-corrected chi connectivity index (χ1v) is 9.38. The van der Waals surface area contributed by atoms with Crippen molar-refractivity contribution in [2.45, 2.75) is 4.90 Å². The van der Waals surface area contributed by atoms with Gasteiger partial charge in [0.05, 0.1) is 10.6 Å². The molecule has 0 atom stereocenters. The highest BCUT2D eigenvalue weighted by molar-refractivity contribution is 7.92. The number of hydrogen-bond donors (Lipinski definition) is 2. The van der Waals surface area contributed by atoms with Gasteiger partial charge in [0.15, 0.2) is 0 Å². The van der Waals surface area contributed by atoms with Gasteiger partial charge < -0.3 is 5.32 Å². The van der Waals surface area contributed by atoms with E-state index in [1.165, 1.54) is 24.3 Å². The second-order valence-electron chi connectivity index (χ2n) is 5.72. The lowest BCUT2D eigenvalue weighted by atomic mass is 10.2. The summed E-state index contributed by atoms with van der Waals surface area (Å²) in [4.78, 5) is 12.1. The topological polar surface area (TPSA) is 75.3 Å². The van der Waals surface area contributed by atoms with E-state index in [9.17, 15) is 26.4 Å². The molecule has 0 aliphatic heterocycles. The molecule has 0 aromatic heterocycles. The summed E-state index contributed by atoms with van der Waals surface area (Å²) >= 11 is 0. The predicted octanol–water partition coefficient (Wildman–Crippen LogP) is 4.16. The molecular weight excluding hydrogens is 393 g/mol. The number of carbonyl (C=O) groups excluding carboxylic acids is 1. The Hall–Kier alpha value is -3.33. The number of sulfonamides is 1. The Morgan fingerprint density at radius 2 is 1.50 bits per heavy atom. The van der Waals surface area contributed by atoms with E-state index in [0.717, 1.165) is 36.4 Å². The van der Waals surface area contributed by atoms with Crippen molar-refractivity contribution in [3.8, 4) is 0 Å². The average molecular weight is 406 g/mol. The number of benzene rings is 3. The first kappa shape index (κ1) is 19.4. The normalized spacial score (nSPS) is 11.1. The first-order valence-electron chi connectivity index (χ1n) is 7.89. The molecule has 0 saturated carbocycles. The molecule has 0 aliphatic carbocycles. The SMILES string of the molecule is O=C(Nc1ccc(F)cc1F)c1cccc(NS(=O)(=O)c2ccc(F)cc2)c1. The lowest BCUT2D eigenvalue weighted by molar-refractivity contribution is 0.102. The van der Waals surface area contributed by atoms with Gasteiger partial charge in [-0.1, -0.05) is 6.07 Å². The zero-order valence-corrected chi connectivity index (χ0v) is 14.9. The summed E-state index contributed by atoms with van der Waals surface area (Å²) in [5.74, 6) is -3.02. The van der Waals surface area contributed by atoms with Crippen LogP contribution in [0.4, 0.5) is 24.5 Å². The quantitative estimate of drug-likeness (QED) is 0.668. The molecule has 0 aliphatic rings. The van der Waals surface area contributed by atoms with Crippen LogP contribution in [0.2, 0.25) is 0 Å². The molecule has 3 aromatic rings. The molecule has 0 radical (unpaired) electrons. The van der Waals surface area contributed by atoms with Gasteiger partial charge in [-0.2, -0.15) is 0 Å². The van der Waals surface area contributed by atoms with E-state index < -0.39 is 33.4 Å². The van der Waals surface area contributed by atoms with Crippen LogP contribution in [0.3, 0.4) is 0 Å². The zero-order valence-electron chi connectivity index (χ0n) is 14.1. The first-order chi connectivity index (χ1) is 13.2. The molecule has 3 rings (SSSR count). The molecule has 144 valence electrons. The fourth-order valence-electron chi connectivity index (χ4n) is 2.34. The molecule has 28 heavy (non-hydrogen) atoms. The van der Waals surface area contributed by atoms with Crippen molar-refractivity contribution in [1.29, 1.82) is 0 Å². The van der Waals surface area contributed by atoms with Crippen molar-refractivity contribution in [3.05, 3.63) is 89.7 Å². The molecule has 0 unspecified atom stereocenters. The fourth-order valence-corrected chi connectivity index (χ4v) is 3.39. The van der Waals surface area contributed by atoms with Crippen LogP contribution in [0.15, 0.2) is 71.6 Å². The van der Waals surface area contributed by atoms with Gasteiger partial charge in [-0.3, -0.25) is 9.52 Å². The highest BCUT2D eigenvalue weighted by atomic mass is 32.2. The van der Waals surface area contributed by atoms with E-state index in [1.807, 2.05) is 0 Å². The lowest BCUT2D eigenvalue weighted by Gasteiger charge is -2.10. The maximum Gasteiger partial charge on any atom is 0.261 e. The smallest absolute Gasteiger partial charge is 0.261 e. The van der Waals surface area contributed by atoms with Crippen molar-refractivity contribution >= 4 is 27.3 Å². The number of halogens is 3. The van der Waals surface area contributed by atoms with Gasteiger partial charge in [0, 0.05) is 17.3 Å². The van der Waals surface area contributed by atoms with E-state index >= 15 is 0 Å². The van der Waals surface area contributed by atoms with Gasteiger partial charge in [-0.15, -0.1) is 0 Å². The van der Waals surface area contributed by atoms with Crippen molar-refractivity contribution in [3.63, 3.8) is 0 Å². The van der Waals surface area contributed by atoms with E-state index in [1.54, 1.807) is 0 Å². The molecule has 0 bridgehead atoms. The van der Waals surface area contributed by atoms with Gasteiger partial charge in [-0.05, 0) is 54.6 Å². The molecule has 0 spiro atoms. The van der Waals surface area contributed by atoms with E-state index in [2.05, 4.69) is 10.0 Å². The molecule has 1 amide bonds. The lowest BCUT2D eigenvalue weighted by Crippen LogP contribution is -2.15. The molecule has 0 saturated heterocycles. The Kier molecular flexibility index (Phi) is 5.36. The molecule has 5 nitrogen and oxygen atoms in total. The fraction of sp³-hybridized carbons (Fsp3) is 0. The highest BCUT2D eigenvalue weighted by Gasteiger charge is 2.16. The van der Waals surface area contributed by atoms with Crippen LogP contribution in [0.25, 0.3) is 0 Å². The minimum Gasteiger partial charge on any atom is -0.319 e. The number of amides is 1. The maximum atomic E-state index is 13.7. The van der Waals surface area contributed by atoms with Crippen LogP contribution in [-0.2, 0) is 10.0 Å². The Balaban J connectivity index is 1.79. The van der Waals surface area contributed by atoms with Crippen molar-refractivity contribution < 1.29 is 26.4 Å². The van der Waals surface area contributed by atoms with Crippen LogP contribution in [-0.4, -0.2) is 14.3 Å². The molecule has 9 heteroatoms. The second-order valence-corrected chi connectivity index (χ2v) is 7.40. The Morgan fingerprint density at radius 1 is 0.821 bits per heavy atom. The molecule has 3 aromatic carbocycles. The minimum absolute atomic E-state index is 0.0445. The third-order valence-corrected chi connectivity index (χ3v) is 5.08. The van der Waals surface area contributed by atoms with Gasteiger partial charge in [0.1, 0.15) is 17.5 Å². The van der Waals surface area contributed by atoms with Crippen molar-refractivity contribution in [2.24, 2.45) is 0 Å². The zero-order chi connectivity index (χ0) is 20.3. The average Bonchev–Trinajstić information content (AvgIpc) is 2.64. The Bertz CT molecular complexity index is 1130. The summed E-state index contributed by atoms with van der Waals surface area (Å²) in [5, 5.41) is 2.28. The third kappa shape index (κ3) is 4.49. The summed E-state index contributed by atoms with van der Waals surface area (Å²) in [6, 6.07) is 12.4. The Labute approximate surface area is 158 Å². The Morgan fingerprint density at radius 3 is 2.18 bits per heavy atom. The van der Waals surface area contributed by atoms with Gasteiger partial charge in [0.2, 0.25) is 0 Å². The van der Waals surface area contributed by atoms with E-state index in [0.29, 0.717) is 6.07 Å². The number of rotatable bonds is 5.